The quantitative estimate of drug-likeness (QED) is 0.746. The predicted octanol–water partition coefficient (Wildman–Crippen LogP) is 1.44. The first-order chi connectivity index (χ1) is 9.97. The van der Waals surface area contributed by atoms with E-state index in [1.807, 2.05) is 13.8 Å². The number of carboxylic acid groups (broad SMARTS) is 1. The maximum Gasteiger partial charge on any atom is 0.328 e. The fourth-order valence-electron chi connectivity index (χ4n) is 1.66. The van der Waals surface area contributed by atoms with Crippen molar-refractivity contribution < 1.29 is 19.5 Å². The minimum absolute atomic E-state index is 0.0450. The molecule has 0 aliphatic carbocycles. The van der Waals surface area contributed by atoms with Crippen LogP contribution < -0.4 is 5.32 Å². The van der Waals surface area contributed by atoms with Gasteiger partial charge in [-0.15, -0.1) is 11.3 Å². The second-order valence-corrected chi connectivity index (χ2v) is 5.10. The van der Waals surface area contributed by atoms with Crippen LogP contribution in [0.3, 0.4) is 0 Å². The molecule has 7 heteroatoms. The highest BCUT2D eigenvalue weighted by Gasteiger charge is 2.13. The lowest BCUT2D eigenvalue weighted by atomic mass is 10.3. The van der Waals surface area contributed by atoms with Gasteiger partial charge in [-0.2, -0.15) is 0 Å². The molecular weight excluding hydrogens is 292 g/mol. The minimum atomic E-state index is -1.04. The van der Waals surface area contributed by atoms with Crippen molar-refractivity contribution in [2.75, 3.05) is 19.6 Å². The van der Waals surface area contributed by atoms with Crippen molar-refractivity contribution in [3.8, 4) is 0 Å². The highest BCUT2D eigenvalue weighted by molar-refractivity contribution is 7.11. The number of thiophene rings is 1. The van der Waals surface area contributed by atoms with Crippen LogP contribution in [0.4, 0.5) is 0 Å². The molecule has 0 radical (unpaired) electrons. The van der Waals surface area contributed by atoms with E-state index in [4.69, 9.17) is 5.11 Å². The molecule has 1 aromatic heterocycles. The molecule has 0 bridgehead atoms. The van der Waals surface area contributed by atoms with Gasteiger partial charge in [0.2, 0.25) is 5.91 Å². The summed E-state index contributed by atoms with van der Waals surface area (Å²) in [4.78, 5) is 36.4. The molecule has 0 saturated carbocycles. The Morgan fingerprint density at radius 2 is 2.00 bits per heavy atom. The molecule has 1 rings (SSSR count). The highest BCUT2D eigenvalue weighted by atomic mass is 32.1. The van der Waals surface area contributed by atoms with Gasteiger partial charge < -0.3 is 15.3 Å². The number of nitrogens with zero attached hydrogens (tertiary/aromatic N) is 1. The van der Waals surface area contributed by atoms with Crippen LogP contribution in [0.15, 0.2) is 17.5 Å². The SMILES string of the molecule is CCN(CC)C(=O)CNC(=O)c1csc(/C=C/C(=O)O)c1. The Bertz CT molecular complexity index is 547. The molecule has 6 nitrogen and oxygen atoms in total. The number of likely N-dealkylation sites (N-methyl/N-ethyl adjacent to an activating group) is 1. The topological polar surface area (TPSA) is 86.7 Å². The number of hydrogen-bond acceptors (Lipinski definition) is 4. The van der Waals surface area contributed by atoms with E-state index in [2.05, 4.69) is 5.32 Å². The summed E-state index contributed by atoms with van der Waals surface area (Å²) in [6, 6.07) is 1.58. The minimum Gasteiger partial charge on any atom is -0.478 e. The molecule has 0 aliphatic heterocycles. The number of amides is 2. The van der Waals surface area contributed by atoms with Gasteiger partial charge in [0.1, 0.15) is 0 Å². The molecule has 0 aliphatic rings. The zero-order valence-corrected chi connectivity index (χ0v) is 12.8. The Balaban J connectivity index is 2.56. The van der Waals surface area contributed by atoms with Crippen LogP contribution in [0.25, 0.3) is 6.08 Å². The van der Waals surface area contributed by atoms with Gasteiger partial charge in [0.25, 0.3) is 5.91 Å². The Morgan fingerprint density at radius 1 is 1.33 bits per heavy atom. The first kappa shape index (κ1) is 16.9. The van der Waals surface area contributed by atoms with E-state index in [-0.39, 0.29) is 18.4 Å². The summed E-state index contributed by atoms with van der Waals surface area (Å²) >= 11 is 1.26. The molecule has 2 N–H and O–H groups in total. The van der Waals surface area contributed by atoms with Crippen LogP contribution in [-0.2, 0) is 9.59 Å². The first-order valence-electron chi connectivity index (χ1n) is 6.53. The number of carbonyl (C=O) groups excluding carboxylic acids is 2. The van der Waals surface area contributed by atoms with Crippen molar-refractivity contribution in [2.24, 2.45) is 0 Å². The monoisotopic (exact) mass is 310 g/mol. The zero-order valence-electron chi connectivity index (χ0n) is 12.0. The van der Waals surface area contributed by atoms with Gasteiger partial charge in [-0.1, -0.05) is 0 Å². The molecule has 21 heavy (non-hydrogen) atoms. The normalized spacial score (nSPS) is 10.6. The average molecular weight is 310 g/mol. The van der Waals surface area contributed by atoms with Crippen molar-refractivity contribution >= 4 is 35.2 Å². The Hall–Kier alpha value is -2.15. The number of hydrogen-bond donors (Lipinski definition) is 2. The second-order valence-electron chi connectivity index (χ2n) is 4.16. The van der Waals surface area contributed by atoms with E-state index in [1.54, 1.807) is 16.3 Å². The smallest absolute Gasteiger partial charge is 0.328 e. The Morgan fingerprint density at radius 3 is 2.57 bits per heavy atom. The number of nitrogens with one attached hydrogen (secondary N) is 1. The van der Waals surface area contributed by atoms with Gasteiger partial charge in [0.15, 0.2) is 0 Å². The number of rotatable bonds is 7. The molecular formula is C14H18N2O4S. The summed E-state index contributed by atoms with van der Waals surface area (Å²) in [7, 11) is 0. The summed E-state index contributed by atoms with van der Waals surface area (Å²) in [5.41, 5.74) is 0.414. The van der Waals surface area contributed by atoms with Crippen LogP contribution in [0.1, 0.15) is 29.1 Å². The number of carbonyl (C=O) groups is 3. The van der Waals surface area contributed by atoms with Crippen molar-refractivity contribution in [3.05, 3.63) is 28.0 Å². The lowest BCUT2D eigenvalue weighted by molar-refractivity contribution is -0.131. The molecule has 2 amide bonds. The first-order valence-corrected chi connectivity index (χ1v) is 7.41. The fraction of sp³-hybridized carbons (Fsp3) is 0.357. The van der Waals surface area contributed by atoms with Gasteiger partial charge in [-0.25, -0.2) is 4.79 Å². The van der Waals surface area contributed by atoms with Crippen molar-refractivity contribution in [2.45, 2.75) is 13.8 Å². The third-order valence-electron chi connectivity index (χ3n) is 2.79. The Kier molecular flexibility index (Phi) is 6.61. The molecule has 1 heterocycles. The van der Waals surface area contributed by atoms with Gasteiger partial charge in [-0.05, 0) is 26.0 Å². The molecule has 1 aromatic rings. The zero-order chi connectivity index (χ0) is 15.8. The van der Waals surface area contributed by atoms with E-state index in [9.17, 15) is 14.4 Å². The number of aliphatic carboxylic acids is 1. The van der Waals surface area contributed by atoms with Crippen LogP contribution in [0.5, 0.6) is 0 Å². The summed E-state index contributed by atoms with van der Waals surface area (Å²) in [6.07, 6.45) is 2.43. The van der Waals surface area contributed by atoms with E-state index < -0.39 is 5.97 Å². The van der Waals surface area contributed by atoms with Gasteiger partial charge >= 0.3 is 5.97 Å². The van der Waals surface area contributed by atoms with Crippen LogP contribution >= 0.6 is 11.3 Å². The van der Waals surface area contributed by atoms with E-state index in [0.717, 1.165) is 6.08 Å². The average Bonchev–Trinajstić information content (AvgIpc) is 2.92. The van der Waals surface area contributed by atoms with Gasteiger partial charge in [-0.3, -0.25) is 9.59 Å². The second kappa shape index (κ2) is 8.21. The van der Waals surface area contributed by atoms with E-state index in [0.29, 0.717) is 23.5 Å². The van der Waals surface area contributed by atoms with Crippen LogP contribution in [0.2, 0.25) is 0 Å². The molecule has 0 saturated heterocycles. The lowest BCUT2D eigenvalue weighted by Gasteiger charge is -2.18. The number of carboxylic acids is 1. The lowest BCUT2D eigenvalue weighted by Crippen LogP contribution is -2.39. The summed E-state index contributed by atoms with van der Waals surface area (Å²) < 4.78 is 0. The van der Waals surface area contributed by atoms with Crippen LogP contribution in [-0.4, -0.2) is 47.4 Å². The van der Waals surface area contributed by atoms with Gasteiger partial charge in [0, 0.05) is 29.4 Å². The third-order valence-corrected chi connectivity index (χ3v) is 3.69. The van der Waals surface area contributed by atoms with E-state index in [1.165, 1.54) is 17.4 Å². The molecule has 0 aromatic carbocycles. The molecule has 114 valence electrons. The maximum atomic E-state index is 11.9. The molecule has 0 spiro atoms. The third kappa shape index (κ3) is 5.39. The largest absolute Gasteiger partial charge is 0.478 e. The maximum absolute atomic E-state index is 11.9. The molecule has 0 unspecified atom stereocenters. The summed E-state index contributed by atoms with van der Waals surface area (Å²) in [6.45, 7) is 4.92. The molecule has 0 fully saturated rings. The highest BCUT2D eigenvalue weighted by Crippen LogP contribution is 2.16. The van der Waals surface area contributed by atoms with Crippen molar-refractivity contribution in [1.82, 2.24) is 10.2 Å². The van der Waals surface area contributed by atoms with Gasteiger partial charge in [0.05, 0.1) is 12.1 Å². The van der Waals surface area contributed by atoms with Crippen LogP contribution in [0, 0.1) is 0 Å². The fourth-order valence-corrected chi connectivity index (χ4v) is 2.44. The standard InChI is InChI=1S/C14H18N2O4S/c1-3-16(4-2)12(17)8-15-14(20)10-7-11(21-9-10)5-6-13(18)19/h5-7,9H,3-4,8H2,1-2H3,(H,15,20)(H,18,19)/b6-5+. The van der Waals surface area contributed by atoms with E-state index >= 15 is 0 Å². The van der Waals surface area contributed by atoms with Crippen molar-refractivity contribution in [3.63, 3.8) is 0 Å². The summed E-state index contributed by atoms with van der Waals surface area (Å²) in [5, 5.41) is 12.7. The predicted molar refractivity (Wildman–Crippen MR) is 81.3 cm³/mol. The Labute approximate surface area is 127 Å². The van der Waals surface area contributed by atoms with Crippen molar-refractivity contribution in [1.29, 1.82) is 0 Å². The molecule has 0 atom stereocenters. The summed E-state index contributed by atoms with van der Waals surface area (Å²) in [5.74, 6) is -1.52.